The van der Waals surface area contributed by atoms with Gasteiger partial charge in [-0.1, -0.05) is 0 Å². The van der Waals surface area contributed by atoms with Crippen molar-refractivity contribution in [3.63, 3.8) is 0 Å². The maximum atomic E-state index is 12.6. The van der Waals surface area contributed by atoms with Gasteiger partial charge in [0.15, 0.2) is 0 Å². The summed E-state index contributed by atoms with van der Waals surface area (Å²) in [7, 11) is -3.35. The third-order valence-electron chi connectivity index (χ3n) is 1.75. The molecule has 1 aromatic heterocycles. The van der Waals surface area contributed by atoms with Crippen molar-refractivity contribution < 1.29 is 21.8 Å². The highest BCUT2D eigenvalue weighted by Crippen LogP contribution is 2.16. The van der Waals surface area contributed by atoms with Crippen LogP contribution in [0.15, 0.2) is 17.2 Å². The lowest BCUT2D eigenvalue weighted by Gasteiger charge is -2.01. The van der Waals surface area contributed by atoms with Crippen LogP contribution in [0.4, 0.5) is 3.89 Å². The minimum atomic E-state index is -4.78. The van der Waals surface area contributed by atoms with Crippen molar-refractivity contribution in [3.8, 4) is 0 Å². The molecule has 1 heterocycles. The highest BCUT2D eigenvalue weighted by Gasteiger charge is 2.20. The number of hydrogen-bond donors (Lipinski definition) is 0. The summed E-state index contributed by atoms with van der Waals surface area (Å²) in [6, 6.07) is 0.938. The molecule has 15 heavy (non-hydrogen) atoms. The summed E-state index contributed by atoms with van der Waals surface area (Å²) in [5.74, 6) is -0.685. The first-order chi connectivity index (χ1) is 6.86. The first kappa shape index (κ1) is 11.7. The number of rotatable bonds is 3. The number of aryl methyl sites for hydroxylation is 1. The van der Waals surface area contributed by atoms with Gasteiger partial charge in [0, 0.05) is 13.2 Å². The van der Waals surface area contributed by atoms with Gasteiger partial charge in [0.05, 0.1) is 6.61 Å². The van der Waals surface area contributed by atoms with Crippen LogP contribution in [0, 0.1) is 0 Å². The van der Waals surface area contributed by atoms with Crippen molar-refractivity contribution in [2.45, 2.75) is 11.8 Å². The van der Waals surface area contributed by atoms with Crippen molar-refractivity contribution in [1.82, 2.24) is 4.57 Å². The van der Waals surface area contributed by atoms with Gasteiger partial charge in [0.2, 0.25) is 0 Å². The third-order valence-corrected chi connectivity index (χ3v) is 2.53. The zero-order valence-electron chi connectivity index (χ0n) is 8.23. The van der Waals surface area contributed by atoms with Crippen LogP contribution in [0.1, 0.15) is 17.4 Å². The van der Waals surface area contributed by atoms with E-state index in [0.717, 1.165) is 12.3 Å². The molecule has 0 amide bonds. The molecule has 7 heteroatoms. The molecule has 1 rings (SSSR count). The van der Waals surface area contributed by atoms with Crippen molar-refractivity contribution in [1.29, 1.82) is 0 Å². The molecule has 0 aliphatic carbocycles. The number of carbonyl (C=O) groups is 1. The average molecular weight is 235 g/mol. The number of aromatic nitrogens is 1. The standard InChI is InChI=1S/C8H10FNO4S/c1-3-14-8(11)7-4-6(5-10(7)2)15(9,12)13/h4-5H,3H2,1-2H3. The minimum Gasteiger partial charge on any atom is -0.461 e. The number of halogens is 1. The number of carbonyl (C=O) groups excluding carboxylic acids is 1. The van der Waals surface area contributed by atoms with E-state index in [4.69, 9.17) is 0 Å². The zero-order valence-corrected chi connectivity index (χ0v) is 9.04. The van der Waals surface area contributed by atoms with E-state index >= 15 is 0 Å². The molecule has 1 aromatic rings. The number of hydrogen-bond acceptors (Lipinski definition) is 4. The fourth-order valence-electron chi connectivity index (χ4n) is 1.08. The Kier molecular flexibility index (Phi) is 3.13. The molecular weight excluding hydrogens is 225 g/mol. The maximum absolute atomic E-state index is 12.6. The van der Waals surface area contributed by atoms with Gasteiger partial charge in [-0.25, -0.2) is 4.79 Å². The van der Waals surface area contributed by atoms with E-state index < -0.39 is 21.1 Å². The van der Waals surface area contributed by atoms with E-state index in [1.54, 1.807) is 6.92 Å². The van der Waals surface area contributed by atoms with Crippen molar-refractivity contribution in [2.75, 3.05) is 6.61 Å². The predicted octanol–water partition coefficient (Wildman–Crippen LogP) is 0.860. The molecule has 84 valence electrons. The van der Waals surface area contributed by atoms with Crippen molar-refractivity contribution in [2.24, 2.45) is 7.05 Å². The molecule has 5 nitrogen and oxygen atoms in total. The minimum absolute atomic E-state index is 0.00641. The fourth-order valence-corrected chi connectivity index (χ4v) is 1.61. The van der Waals surface area contributed by atoms with Crippen molar-refractivity contribution >= 4 is 16.2 Å². The quantitative estimate of drug-likeness (QED) is 0.575. The lowest BCUT2D eigenvalue weighted by molar-refractivity contribution is 0.0515. The Balaban J connectivity index is 3.13. The van der Waals surface area contributed by atoms with E-state index in [-0.39, 0.29) is 12.3 Å². The molecule has 0 saturated heterocycles. The largest absolute Gasteiger partial charge is 0.461 e. The van der Waals surface area contributed by atoms with Crippen LogP contribution in [-0.4, -0.2) is 25.6 Å². The first-order valence-corrected chi connectivity index (χ1v) is 5.52. The summed E-state index contributed by atoms with van der Waals surface area (Å²) >= 11 is 0. The summed E-state index contributed by atoms with van der Waals surface area (Å²) < 4.78 is 39.5. The monoisotopic (exact) mass is 235 g/mol. The molecule has 0 unspecified atom stereocenters. The van der Waals surface area contributed by atoms with Crippen LogP contribution in [0.3, 0.4) is 0 Å². The second kappa shape index (κ2) is 4.01. The van der Waals surface area contributed by atoms with Gasteiger partial charge in [0.25, 0.3) is 0 Å². The molecule has 0 fully saturated rings. The van der Waals surface area contributed by atoms with Crippen LogP contribution in [0.5, 0.6) is 0 Å². The topological polar surface area (TPSA) is 65.4 Å². The van der Waals surface area contributed by atoms with E-state index in [2.05, 4.69) is 4.74 Å². The summed E-state index contributed by atoms with van der Waals surface area (Å²) in [6.07, 6.45) is 1.02. The smallest absolute Gasteiger partial charge is 0.354 e. The van der Waals surface area contributed by atoms with Gasteiger partial charge in [-0.05, 0) is 13.0 Å². The van der Waals surface area contributed by atoms with E-state index in [1.807, 2.05) is 0 Å². The molecule has 0 N–H and O–H groups in total. The van der Waals surface area contributed by atoms with Crippen LogP contribution < -0.4 is 0 Å². The second-order valence-corrected chi connectivity index (χ2v) is 4.18. The Hall–Kier alpha value is -1.37. The second-order valence-electron chi connectivity index (χ2n) is 2.83. The first-order valence-electron chi connectivity index (χ1n) is 4.14. The predicted molar refractivity (Wildman–Crippen MR) is 49.7 cm³/mol. The molecule has 0 radical (unpaired) electrons. The number of nitrogens with zero attached hydrogens (tertiary/aromatic N) is 1. The molecule has 0 aromatic carbocycles. The Morgan fingerprint density at radius 1 is 1.60 bits per heavy atom. The number of esters is 1. The van der Waals surface area contributed by atoms with Gasteiger partial charge >= 0.3 is 16.2 Å². The lowest BCUT2D eigenvalue weighted by atomic mass is 10.4. The summed E-state index contributed by atoms with van der Waals surface area (Å²) in [4.78, 5) is 10.7. The van der Waals surface area contributed by atoms with Gasteiger partial charge in [-0.2, -0.15) is 8.42 Å². The summed E-state index contributed by atoms with van der Waals surface area (Å²) in [5.41, 5.74) is -0.00641. The van der Waals surface area contributed by atoms with Crippen LogP contribution in [0.2, 0.25) is 0 Å². The normalized spacial score (nSPS) is 11.4. The molecule has 0 aliphatic rings. The molecule has 0 aliphatic heterocycles. The van der Waals surface area contributed by atoms with Gasteiger partial charge < -0.3 is 9.30 Å². The third kappa shape index (κ3) is 2.56. The van der Waals surface area contributed by atoms with Crippen LogP contribution >= 0.6 is 0 Å². The average Bonchev–Trinajstić information content (AvgIpc) is 2.47. The van der Waals surface area contributed by atoms with Gasteiger partial charge in [-0.15, -0.1) is 3.89 Å². The highest BCUT2D eigenvalue weighted by atomic mass is 32.3. The lowest BCUT2D eigenvalue weighted by Crippen LogP contribution is -2.08. The van der Waals surface area contributed by atoms with E-state index in [9.17, 15) is 17.1 Å². The number of ether oxygens (including phenoxy) is 1. The highest BCUT2D eigenvalue weighted by molar-refractivity contribution is 7.86. The summed E-state index contributed by atoms with van der Waals surface area (Å²) in [6.45, 7) is 1.79. The van der Waals surface area contributed by atoms with E-state index in [0.29, 0.717) is 0 Å². The van der Waals surface area contributed by atoms with Crippen LogP contribution in [-0.2, 0) is 22.0 Å². The molecule has 0 bridgehead atoms. The van der Waals surface area contributed by atoms with Gasteiger partial charge in [-0.3, -0.25) is 0 Å². The Morgan fingerprint density at radius 2 is 2.20 bits per heavy atom. The van der Waals surface area contributed by atoms with Crippen LogP contribution in [0.25, 0.3) is 0 Å². The SMILES string of the molecule is CCOC(=O)c1cc(S(=O)(=O)F)cn1C. The maximum Gasteiger partial charge on any atom is 0.354 e. The molecule has 0 spiro atoms. The molecule has 0 atom stereocenters. The molecule has 0 saturated carbocycles. The Bertz CT molecular complexity index is 477. The molecular formula is C8H10FNO4S. The Morgan fingerprint density at radius 3 is 2.60 bits per heavy atom. The van der Waals surface area contributed by atoms with E-state index in [1.165, 1.54) is 11.6 Å². The van der Waals surface area contributed by atoms with Gasteiger partial charge in [0.1, 0.15) is 10.6 Å². The zero-order chi connectivity index (χ0) is 11.6. The fraction of sp³-hybridized carbons (Fsp3) is 0.375. The van der Waals surface area contributed by atoms with Crippen molar-refractivity contribution in [3.05, 3.63) is 18.0 Å². The Labute approximate surface area is 86.7 Å². The summed E-state index contributed by atoms with van der Waals surface area (Å²) in [5, 5.41) is 0.